The zero-order chi connectivity index (χ0) is 14.7. The number of rotatable bonds is 4. The van der Waals surface area contributed by atoms with Crippen molar-refractivity contribution >= 4 is 12.0 Å². The first-order valence-electron chi connectivity index (χ1n) is 6.53. The Morgan fingerprint density at radius 2 is 2.29 bits per heavy atom. The number of fused-ring (bicyclic) bond motifs is 1. The predicted molar refractivity (Wildman–Crippen MR) is 76.7 cm³/mol. The molecule has 6 nitrogen and oxygen atoms in total. The maximum atomic E-state index is 12.0. The maximum absolute atomic E-state index is 12.0. The average Bonchev–Trinajstić information content (AvgIpc) is 3.14. The molecule has 3 rings (SSSR count). The first kappa shape index (κ1) is 13.2. The molecule has 0 bridgehead atoms. The van der Waals surface area contributed by atoms with Crippen molar-refractivity contribution in [3.8, 4) is 11.5 Å². The molecule has 1 N–H and O–H groups in total. The maximum Gasteiger partial charge on any atom is 0.246 e. The number of likely N-dealkylation sites (N-methyl/N-ethyl adjacent to an activating group) is 1. The summed E-state index contributed by atoms with van der Waals surface area (Å²) in [5, 5.41) is 6.58. The van der Waals surface area contributed by atoms with E-state index in [4.69, 9.17) is 9.47 Å². The van der Waals surface area contributed by atoms with Crippen LogP contribution < -0.4 is 9.47 Å². The van der Waals surface area contributed by atoms with Crippen LogP contribution in [0.1, 0.15) is 11.1 Å². The molecule has 0 atom stereocenters. The zero-order valence-electron chi connectivity index (χ0n) is 11.6. The summed E-state index contributed by atoms with van der Waals surface area (Å²) in [5.74, 6) is 1.36. The first-order chi connectivity index (χ1) is 10.2. The largest absolute Gasteiger partial charge is 0.454 e. The van der Waals surface area contributed by atoms with Crippen LogP contribution in [-0.4, -0.2) is 34.8 Å². The van der Waals surface area contributed by atoms with Gasteiger partial charge in [-0.1, -0.05) is 6.07 Å². The van der Waals surface area contributed by atoms with E-state index in [0.29, 0.717) is 12.3 Å². The Bertz CT molecular complexity index is 665. The molecular weight excluding hydrogens is 270 g/mol. The van der Waals surface area contributed by atoms with Crippen molar-refractivity contribution in [3.05, 3.63) is 47.8 Å². The highest BCUT2D eigenvalue weighted by atomic mass is 16.7. The average molecular weight is 285 g/mol. The van der Waals surface area contributed by atoms with Crippen LogP contribution >= 0.6 is 0 Å². The number of hydrogen-bond donors (Lipinski definition) is 1. The molecule has 1 aliphatic rings. The van der Waals surface area contributed by atoms with Crippen molar-refractivity contribution in [2.75, 3.05) is 13.8 Å². The summed E-state index contributed by atoms with van der Waals surface area (Å²) in [4.78, 5) is 13.6. The van der Waals surface area contributed by atoms with E-state index in [1.165, 1.54) is 6.08 Å². The fraction of sp³-hybridized carbons (Fsp3) is 0.200. The molecule has 108 valence electrons. The van der Waals surface area contributed by atoms with E-state index in [1.807, 2.05) is 18.2 Å². The van der Waals surface area contributed by atoms with E-state index in [1.54, 1.807) is 30.4 Å². The third-order valence-electron chi connectivity index (χ3n) is 3.17. The smallest absolute Gasteiger partial charge is 0.246 e. The van der Waals surface area contributed by atoms with E-state index in [9.17, 15) is 4.79 Å². The Hall–Kier alpha value is -2.76. The number of nitrogens with zero attached hydrogens (tertiary/aromatic N) is 2. The number of aromatic nitrogens is 2. The number of nitrogens with one attached hydrogen (secondary N) is 1. The van der Waals surface area contributed by atoms with Gasteiger partial charge in [0.05, 0.1) is 6.20 Å². The van der Waals surface area contributed by atoms with Gasteiger partial charge < -0.3 is 14.4 Å². The zero-order valence-corrected chi connectivity index (χ0v) is 11.6. The minimum absolute atomic E-state index is 0.0751. The molecule has 0 saturated carbocycles. The van der Waals surface area contributed by atoms with Crippen LogP contribution in [0.25, 0.3) is 6.08 Å². The van der Waals surface area contributed by atoms with Crippen molar-refractivity contribution in [1.29, 1.82) is 0 Å². The van der Waals surface area contributed by atoms with Gasteiger partial charge in [0.1, 0.15) is 0 Å². The highest BCUT2D eigenvalue weighted by Crippen LogP contribution is 2.32. The lowest BCUT2D eigenvalue weighted by Gasteiger charge is -2.13. The van der Waals surface area contributed by atoms with Crippen molar-refractivity contribution in [3.63, 3.8) is 0 Å². The number of hydrogen-bond acceptors (Lipinski definition) is 4. The summed E-state index contributed by atoms with van der Waals surface area (Å²) in [6, 6.07) is 5.57. The fourth-order valence-electron chi connectivity index (χ4n) is 2.03. The van der Waals surface area contributed by atoms with Crippen molar-refractivity contribution in [1.82, 2.24) is 15.1 Å². The van der Waals surface area contributed by atoms with Gasteiger partial charge in [-0.25, -0.2) is 0 Å². The molecule has 1 aromatic carbocycles. The molecule has 21 heavy (non-hydrogen) atoms. The van der Waals surface area contributed by atoms with E-state index in [2.05, 4.69) is 10.2 Å². The second kappa shape index (κ2) is 5.70. The fourth-order valence-corrected chi connectivity index (χ4v) is 2.03. The Kier molecular flexibility index (Phi) is 3.59. The molecule has 0 unspecified atom stereocenters. The summed E-state index contributed by atoms with van der Waals surface area (Å²) in [6.45, 7) is 0.760. The molecular formula is C15H15N3O3. The number of benzene rings is 1. The van der Waals surface area contributed by atoms with Crippen LogP contribution in [0.15, 0.2) is 36.7 Å². The van der Waals surface area contributed by atoms with Gasteiger partial charge in [0.15, 0.2) is 11.5 Å². The van der Waals surface area contributed by atoms with Crippen LogP contribution in [0.3, 0.4) is 0 Å². The lowest BCUT2D eigenvalue weighted by atomic mass is 10.2. The number of H-pyrrole nitrogens is 1. The normalized spacial score (nSPS) is 12.8. The molecule has 6 heteroatoms. The SMILES string of the molecule is CN(Cc1cn[nH]c1)C(=O)C=Cc1ccc2c(c1)OCO2. The summed E-state index contributed by atoms with van der Waals surface area (Å²) >= 11 is 0. The third kappa shape index (κ3) is 3.05. The highest BCUT2D eigenvalue weighted by molar-refractivity contribution is 5.91. The van der Waals surface area contributed by atoms with Gasteiger partial charge in [0, 0.05) is 31.4 Å². The number of amides is 1. The van der Waals surface area contributed by atoms with Crippen molar-refractivity contribution in [2.45, 2.75) is 6.54 Å². The molecule has 0 aliphatic carbocycles. The van der Waals surface area contributed by atoms with Gasteiger partial charge in [-0.2, -0.15) is 5.10 Å². The third-order valence-corrected chi connectivity index (χ3v) is 3.17. The molecule has 2 aromatic rings. The second-order valence-electron chi connectivity index (χ2n) is 4.75. The van der Waals surface area contributed by atoms with Gasteiger partial charge in [0.2, 0.25) is 12.7 Å². The Labute approximate surface area is 122 Å². The van der Waals surface area contributed by atoms with Crippen LogP contribution in [0.5, 0.6) is 11.5 Å². The van der Waals surface area contributed by atoms with Gasteiger partial charge in [-0.05, 0) is 23.8 Å². The molecule has 2 heterocycles. The van der Waals surface area contributed by atoms with Crippen LogP contribution in [0, 0.1) is 0 Å². The minimum Gasteiger partial charge on any atom is -0.454 e. The first-order valence-corrected chi connectivity index (χ1v) is 6.53. The molecule has 1 amide bonds. The Morgan fingerprint density at radius 3 is 3.10 bits per heavy atom. The van der Waals surface area contributed by atoms with E-state index < -0.39 is 0 Å². The molecule has 0 fully saturated rings. The van der Waals surface area contributed by atoms with E-state index in [0.717, 1.165) is 16.9 Å². The minimum atomic E-state index is -0.0751. The number of aromatic amines is 1. The van der Waals surface area contributed by atoms with Crippen LogP contribution in [0.4, 0.5) is 0 Å². The van der Waals surface area contributed by atoms with E-state index in [-0.39, 0.29) is 12.7 Å². The topological polar surface area (TPSA) is 67.5 Å². The predicted octanol–water partition coefficient (Wildman–Crippen LogP) is 1.81. The molecule has 1 aliphatic heterocycles. The molecule has 0 spiro atoms. The summed E-state index contributed by atoms with van der Waals surface area (Å²) in [7, 11) is 1.75. The summed E-state index contributed by atoms with van der Waals surface area (Å²) in [5.41, 5.74) is 1.85. The monoisotopic (exact) mass is 285 g/mol. The van der Waals surface area contributed by atoms with Gasteiger partial charge in [0.25, 0.3) is 0 Å². The molecule has 1 aromatic heterocycles. The lowest BCUT2D eigenvalue weighted by Crippen LogP contribution is -2.23. The number of ether oxygens (including phenoxy) is 2. The Balaban J connectivity index is 1.63. The number of carbonyl (C=O) groups excluding carboxylic acids is 1. The summed E-state index contributed by atoms with van der Waals surface area (Å²) < 4.78 is 10.5. The van der Waals surface area contributed by atoms with Crippen molar-refractivity contribution in [2.24, 2.45) is 0 Å². The standard InChI is InChI=1S/C15H15N3O3/c1-18(9-12-7-16-17-8-12)15(19)5-3-11-2-4-13-14(6-11)21-10-20-13/h2-8H,9-10H2,1H3,(H,16,17). The number of carbonyl (C=O) groups is 1. The van der Waals surface area contributed by atoms with Gasteiger partial charge >= 0.3 is 0 Å². The molecule has 0 radical (unpaired) electrons. The van der Waals surface area contributed by atoms with Crippen molar-refractivity contribution < 1.29 is 14.3 Å². The highest BCUT2D eigenvalue weighted by Gasteiger charge is 2.12. The molecule has 0 saturated heterocycles. The van der Waals surface area contributed by atoms with Gasteiger partial charge in [-0.3, -0.25) is 9.89 Å². The van der Waals surface area contributed by atoms with Crippen LogP contribution in [-0.2, 0) is 11.3 Å². The lowest BCUT2D eigenvalue weighted by molar-refractivity contribution is -0.125. The Morgan fingerprint density at radius 1 is 1.43 bits per heavy atom. The van der Waals surface area contributed by atoms with E-state index >= 15 is 0 Å². The second-order valence-corrected chi connectivity index (χ2v) is 4.75. The van der Waals surface area contributed by atoms with Gasteiger partial charge in [-0.15, -0.1) is 0 Å². The van der Waals surface area contributed by atoms with Crippen LogP contribution in [0.2, 0.25) is 0 Å². The quantitative estimate of drug-likeness (QED) is 0.870. The summed E-state index contributed by atoms with van der Waals surface area (Å²) in [6.07, 6.45) is 6.77.